The van der Waals surface area contributed by atoms with Crippen molar-refractivity contribution in [3.8, 4) is 0 Å². The van der Waals surface area contributed by atoms with Gasteiger partial charge in [0.05, 0.1) is 4.90 Å². The van der Waals surface area contributed by atoms with Crippen LogP contribution in [0.3, 0.4) is 0 Å². The summed E-state index contributed by atoms with van der Waals surface area (Å²) in [5.41, 5.74) is 0.919. The number of aromatic nitrogens is 1. The summed E-state index contributed by atoms with van der Waals surface area (Å²) in [5.74, 6) is 0. The second-order valence-corrected chi connectivity index (χ2v) is 7.09. The van der Waals surface area contributed by atoms with Crippen LogP contribution in [0.15, 0.2) is 58.2 Å². The van der Waals surface area contributed by atoms with Crippen LogP contribution in [0.4, 0.5) is 0 Å². The summed E-state index contributed by atoms with van der Waals surface area (Å²) in [5, 5.41) is 0. The van der Waals surface area contributed by atoms with Crippen LogP contribution in [0.1, 0.15) is 12.5 Å². The lowest BCUT2D eigenvalue weighted by Crippen LogP contribution is -2.30. The molecular formula is C14H15BrN2O2S. The second kappa shape index (κ2) is 6.47. The van der Waals surface area contributed by atoms with E-state index in [-0.39, 0.29) is 0 Å². The zero-order chi connectivity index (χ0) is 14.6. The Morgan fingerprint density at radius 2 is 1.70 bits per heavy atom. The molecule has 0 saturated heterocycles. The summed E-state index contributed by atoms with van der Waals surface area (Å²) < 4.78 is 27.5. The van der Waals surface area contributed by atoms with Crippen molar-refractivity contribution in [2.24, 2.45) is 0 Å². The topological polar surface area (TPSA) is 50.3 Å². The van der Waals surface area contributed by atoms with Crippen LogP contribution >= 0.6 is 15.9 Å². The Morgan fingerprint density at radius 3 is 2.25 bits per heavy atom. The van der Waals surface area contributed by atoms with E-state index in [1.807, 2.05) is 19.1 Å². The zero-order valence-corrected chi connectivity index (χ0v) is 13.4. The van der Waals surface area contributed by atoms with Gasteiger partial charge in [0.1, 0.15) is 0 Å². The smallest absolute Gasteiger partial charge is 0.243 e. The molecular weight excluding hydrogens is 340 g/mol. The van der Waals surface area contributed by atoms with Gasteiger partial charge in [-0.25, -0.2) is 8.42 Å². The molecule has 0 bridgehead atoms. The number of rotatable bonds is 5. The molecule has 0 aliphatic heterocycles. The second-order valence-electron chi connectivity index (χ2n) is 4.24. The van der Waals surface area contributed by atoms with E-state index in [9.17, 15) is 8.42 Å². The van der Waals surface area contributed by atoms with Crippen LogP contribution in [-0.2, 0) is 16.6 Å². The first-order valence-electron chi connectivity index (χ1n) is 6.18. The van der Waals surface area contributed by atoms with Crippen LogP contribution in [0.25, 0.3) is 0 Å². The maximum atomic E-state index is 12.6. The highest BCUT2D eigenvalue weighted by Crippen LogP contribution is 2.20. The van der Waals surface area contributed by atoms with Crippen molar-refractivity contribution in [3.63, 3.8) is 0 Å². The maximum Gasteiger partial charge on any atom is 0.243 e. The summed E-state index contributed by atoms with van der Waals surface area (Å²) in [7, 11) is -3.47. The van der Waals surface area contributed by atoms with Crippen molar-refractivity contribution < 1.29 is 8.42 Å². The van der Waals surface area contributed by atoms with E-state index < -0.39 is 10.0 Å². The van der Waals surface area contributed by atoms with Gasteiger partial charge in [-0.15, -0.1) is 0 Å². The zero-order valence-electron chi connectivity index (χ0n) is 11.0. The molecule has 0 aliphatic rings. The first-order valence-corrected chi connectivity index (χ1v) is 8.42. The fourth-order valence-electron chi connectivity index (χ4n) is 1.81. The molecule has 0 fully saturated rings. The van der Waals surface area contributed by atoms with Gasteiger partial charge in [-0.1, -0.05) is 22.9 Å². The quantitative estimate of drug-likeness (QED) is 0.828. The summed E-state index contributed by atoms with van der Waals surface area (Å²) in [6, 6.07) is 10.3. The predicted molar refractivity (Wildman–Crippen MR) is 81.6 cm³/mol. The minimum Gasteiger partial charge on any atom is -0.265 e. The molecule has 106 valence electrons. The third-order valence-electron chi connectivity index (χ3n) is 2.91. The van der Waals surface area contributed by atoms with Crippen LogP contribution < -0.4 is 0 Å². The summed E-state index contributed by atoms with van der Waals surface area (Å²) >= 11 is 3.30. The molecule has 1 heterocycles. The molecule has 0 N–H and O–H groups in total. The predicted octanol–water partition coefficient (Wildman–Crippen LogP) is 3.05. The van der Waals surface area contributed by atoms with Gasteiger partial charge in [-0.3, -0.25) is 4.98 Å². The lowest BCUT2D eigenvalue weighted by Gasteiger charge is -2.20. The Labute approximate surface area is 127 Å². The third-order valence-corrected chi connectivity index (χ3v) is 5.38. The Bertz CT molecular complexity index is 657. The lowest BCUT2D eigenvalue weighted by atomic mass is 10.3. The van der Waals surface area contributed by atoms with Crippen molar-refractivity contribution in [1.29, 1.82) is 0 Å². The molecule has 0 radical (unpaired) electrons. The van der Waals surface area contributed by atoms with E-state index in [0.29, 0.717) is 18.0 Å². The number of benzene rings is 1. The molecule has 20 heavy (non-hydrogen) atoms. The highest BCUT2D eigenvalue weighted by Gasteiger charge is 2.22. The van der Waals surface area contributed by atoms with Crippen LogP contribution in [-0.4, -0.2) is 24.3 Å². The number of hydrogen-bond acceptors (Lipinski definition) is 3. The molecule has 1 aromatic carbocycles. The SMILES string of the molecule is CCN(Cc1ccncc1)S(=O)(=O)c1ccc(Br)cc1. The van der Waals surface area contributed by atoms with Crippen molar-refractivity contribution in [3.05, 3.63) is 58.8 Å². The summed E-state index contributed by atoms with van der Waals surface area (Å²) in [6.07, 6.45) is 3.32. The number of hydrogen-bond donors (Lipinski definition) is 0. The van der Waals surface area contributed by atoms with Crippen LogP contribution in [0.5, 0.6) is 0 Å². The highest BCUT2D eigenvalue weighted by atomic mass is 79.9. The van der Waals surface area contributed by atoms with Crippen molar-refractivity contribution in [2.45, 2.75) is 18.4 Å². The Balaban J connectivity index is 2.28. The van der Waals surface area contributed by atoms with E-state index in [1.165, 1.54) is 4.31 Å². The van der Waals surface area contributed by atoms with Gasteiger partial charge >= 0.3 is 0 Å². The lowest BCUT2D eigenvalue weighted by molar-refractivity contribution is 0.423. The van der Waals surface area contributed by atoms with E-state index in [0.717, 1.165) is 10.0 Å². The van der Waals surface area contributed by atoms with Gasteiger partial charge in [0.15, 0.2) is 0 Å². The molecule has 4 nitrogen and oxygen atoms in total. The van der Waals surface area contributed by atoms with E-state index in [4.69, 9.17) is 0 Å². The van der Waals surface area contributed by atoms with Gasteiger partial charge < -0.3 is 0 Å². The van der Waals surface area contributed by atoms with Crippen LogP contribution in [0.2, 0.25) is 0 Å². The molecule has 0 atom stereocenters. The Morgan fingerprint density at radius 1 is 1.10 bits per heavy atom. The largest absolute Gasteiger partial charge is 0.265 e. The van der Waals surface area contributed by atoms with E-state index in [1.54, 1.807) is 36.7 Å². The molecule has 0 amide bonds. The van der Waals surface area contributed by atoms with E-state index in [2.05, 4.69) is 20.9 Å². The van der Waals surface area contributed by atoms with Crippen molar-refractivity contribution >= 4 is 26.0 Å². The fraction of sp³-hybridized carbons (Fsp3) is 0.214. The van der Waals surface area contributed by atoms with Gasteiger partial charge in [0.2, 0.25) is 10.0 Å². The first-order chi connectivity index (χ1) is 9.54. The molecule has 0 saturated carbocycles. The molecule has 0 unspecified atom stereocenters. The summed E-state index contributed by atoms with van der Waals surface area (Å²) in [6.45, 7) is 2.59. The van der Waals surface area contributed by atoms with Crippen molar-refractivity contribution in [1.82, 2.24) is 9.29 Å². The van der Waals surface area contributed by atoms with Gasteiger partial charge in [-0.05, 0) is 42.0 Å². The highest BCUT2D eigenvalue weighted by molar-refractivity contribution is 9.10. The summed E-state index contributed by atoms with van der Waals surface area (Å²) in [4.78, 5) is 4.24. The van der Waals surface area contributed by atoms with Crippen molar-refractivity contribution in [2.75, 3.05) is 6.54 Å². The Kier molecular flexibility index (Phi) is 4.91. The van der Waals surface area contributed by atoms with Gasteiger partial charge in [0.25, 0.3) is 0 Å². The molecule has 0 spiro atoms. The molecule has 2 aromatic rings. The van der Waals surface area contributed by atoms with E-state index >= 15 is 0 Å². The number of nitrogens with zero attached hydrogens (tertiary/aromatic N) is 2. The monoisotopic (exact) mass is 354 g/mol. The molecule has 6 heteroatoms. The standard InChI is InChI=1S/C14H15BrN2O2S/c1-2-17(11-12-7-9-16-10-8-12)20(18,19)14-5-3-13(15)4-6-14/h3-10H,2,11H2,1H3. The fourth-order valence-corrected chi connectivity index (χ4v) is 3.52. The minimum atomic E-state index is -3.47. The molecule has 2 rings (SSSR count). The number of pyridine rings is 1. The normalized spacial score (nSPS) is 11.8. The minimum absolute atomic E-state index is 0.302. The molecule has 0 aliphatic carbocycles. The Hall–Kier alpha value is -1.24. The number of sulfonamides is 1. The van der Waals surface area contributed by atoms with Gasteiger partial charge in [-0.2, -0.15) is 4.31 Å². The first kappa shape index (κ1) is 15.2. The average molecular weight is 355 g/mol. The van der Waals surface area contributed by atoms with Gasteiger partial charge in [0, 0.05) is 30.0 Å². The third kappa shape index (κ3) is 3.45. The molecule has 1 aromatic heterocycles. The number of halogens is 1. The maximum absolute atomic E-state index is 12.6. The van der Waals surface area contributed by atoms with Crippen LogP contribution in [0, 0.1) is 0 Å². The average Bonchev–Trinajstić information content (AvgIpc) is 2.46.